The summed E-state index contributed by atoms with van der Waals surface area (Å²) in [6.07, 6.45) is 2.68. The lowest BCUT2D eigenvalue weighted by Gasteiger charge is -2.34. The lowest BCUT2D eigenvalue weighted by molar-refractivity contribution is -0.0221. The number of aromatic nitrogens is 4. The molecule has 2 aromatic heterocycles. The molecule has 8 nitrogen and oxygen atoms in total. The Morgan fingerprint density at radius 1 is 1.09 bits per heavy atom. The molecule has 6 rings (SSSR count). The molecule has 1 aromatic carbocycles. The molecule has 3 aliphatic heterocycles. The summed E-state index contributed by atoms with van der Waals surface area (Å²) < 4.78 is 49.0. The van der Waals surface area contributed by atoms with E-state index >= 15 is 0 Å². The van der Waals surface area contributed by atoms with Crippen LogP contribution in [0.15, 0.2) is 36.9 Å². The van der Waals surface area contributed by atoms with E-state index in [2.05, 4.69) is 16.9 Å². The molecule has 2 saturated heterocycles. The third kappa shape index (κ3) is 3.54. The largest absolute Gasteiger partial charge is 0.381 e. The second-order valence-corrected chi connectivity index (χ2v) is 8.92. The Hall–Kier alpha value is -3.34. The van der Waals surface area contributed by atoms with Gasteiger partial charge in [0.05, 0.1) is 11.0 Å². The van der Waals surface area contributed by atoms with Crippen molar-refractivity contribution in [1.29, 1.82) is 0 Å². The fraction of sp³-hybridized carbons (Fsp3) is 0.435. The maximum atomic E-state index is 14.0. The maximum absolute atomic E-state index is 14.0. The van der Waals surface area contributed by atoms with Crippen LogP contribution >= 0.6 is 0 Å². The predicted molar refractivity (Wildman–Crippen MR) is 122 cm³/mol. The van der Waals surface area contributed by atoms with Crippen molar-refractivity contribution >= 4 is 28.4 Å². The number of rotatable bonds is 3. The van der Waals surface area contributed by atoms with E-state index < -0.39 is 11.7 Å². The number of ether oxygens (including phenoxy) is 1. The highest BCUT2D eigenvalue weighted by Crippen LogP contribution is 2.44. The van der Waals surface area contributed by atoms with Gasteiger partial charge in [0.15, 0.2) is 11.6 Å². The van der Waals surface area contributed by atoms with Gasteiger partial charge in [-0.25, -0.2) is 18.2 Å². The van der Waals surface area contributed by atoms with Crippen LogP contribution in [0.3, 0.4) is 0 Å². The molecule has 0 radical (unpaired) electrons. The van der Waals surface area contributed by atoms with E-state index in [4.69, 9.17) is 14.7 Å². The highest BCUT2D eigenvalue weighted by atomic mass is 19.3. The molecule has 11 heteroatoms. The first-order valence-electron chi connectivity index (χ1n) is 11.4. The number of nitrogens with one attached hydrogen (secondary N) is 1. The van der Waals surface area contributed by atoms with Gasteiger partial charge in [0.25, 0.3) is 5.92 Å². The lowest BCUT2D eigenvalue weighted by atomic mass is 10.1. The molecule has 0 bridgehead atoms. The monoisotopic (exact) mass is 471 g/mol. The quantitative estimate of drug-likeness (QED) is 0.618. The molecule has 3 aromatic rings. The minimum atomic E-state index is -2.68. The molecule has 0 unspecified atom stereocenters. The second-order valence-electron chi connectivity index (χ2n) is 8.92. The van der Waals surface area contributed by atoms with Gasteiger partial charge < -0.3 is 19.9 Å². The number of anilines is 3. The summed E-state index contributed by atoms with van der Waals surface area (Å²) in [5, 5.41) is 3.30. The number of hydrogen-bond donors (Lipinski definition) is 1. The number of imidazole rings is 1. The topological polar surface area (TPSA) is 71.3 Å². The van der Waals surface area contributed by atoms with E-state index in [-0.39, 0.29) is 32.0 Å². The smallest absolute Gasteiger partial charge is 0.251 e. The van der Waals surface area contributed by atoms with Gasteiger partial charge in [-0.3, -0.25) is 4.57 Å². The molecule has 5 heterocycles. The minimum Gasteiger partial charge on any atom is -0.381 e. The standard InChI is InChI=1S/C23H24F3N7O/c1-14-28-19-20(31-8-6-23(25,26)7-9-31)29-22(30-21(19)33(14)16-4-10-34-11-5-16)32-13-27-17-3-2-15(24)12-18(17)32/h2-3,12-13,16,28H,1,4-11H2. The predicted octanol–water partition coefficient (Wildman–Crippen LogP) is 4.07. The van der Waals surface area contributed by atoms with Gasteiger partial charge in [0.1, 0.15) is 23.7 Å². The Labute approximate surface area is 194 Å². The normalized spacial score (nSPS) is 20.6. The fourth-order valence-electron chi connectivity index (χ4n) is 4.90. The average molecular weight is 471 g/mol. The summed E-state index contributed by atoms with van der Waals surface area (Å²) in [6, 6.07) is 4.46. The van der Waals surface area contributed by atoms with Crippen LogP contribution in [-0.4, -0.2) is 57.8 Å². The number of alkyl halides is 2. The van der Waals surface area contributed by atoms with Crippen LogP contribution < -0.4 is 15.1 Å². The third-order valence-electron chi connectivity index (χ3n) is 6.72. The van der Waals surface area contributed by atoms with E-state index in [1.807, 2.05) is 9.80 Å². The summed E-state index contributed by atoms with van der Waals surface area (Å²) in [4.78, 5) is 17.9. The number of fused-ring (bicyclic) bond motifs is 2. The molecule has 1 N–H and O–H groups in total. The van der Waals surface area contributed by atoms with Gasteiger partial charge in [-0.15, -0.1) is 0 Å². The highest BCUT2D eigenvalue weighted by molar-refractivity contribution is 5.88. The molecule has 178 valence electrons. The molecule has 0 atom stereocenters. The summed E-state index contributed by atoms with van der Waals surface area (Å²) in [5.74, 6) is -0.949. The Kier molecular flexibility index (Phi) is 4.91. The molecule has 0 amide bonds. The van der Waals surface area contributed by atoms with Crippen molar-refractivity contribution < 1.29 is 17.9 Å². The first-order chi connectivity index (χ1) is 16.4. The first-order valence-corrected chi connectivity index (χ1v) is 11.4. The van der Waals surface area contributed by atoms with Crippen LogP contribution in [0, 0.1) is 5.82 Å². The van der Waals surface area contributed by atoms with Crippen LogP contribution in [0.1, 0.15) is 25.7 Å². The van der Waals surface area contributed by atoms with Gasteiger partial charge >= 0.3 is 0 Å². The molecule has 0 saturated carbocycles. The number of nitrogens with zero attached hydrogens (tertiary/aromatic N) is 6. The van der Waals surface area contributed by atoms with Crippen LogP contribution in [-0.2, 0) is 4.74 Å². The van der Waals surface area contributed by atoms with Crippen LogP contribution in [0.25, 0.3) is 17.0 Å². The van der Waals surface area contributed by atoms with E-state index in [0.29, 0.717) is 53.3 Å². The van der Waals surface area contributed by atoms with Gasteiger partial charge in [-0.2, -0.15) is 9.97 Å². The average Bonchev–Trinajstić information content (AvgIpc) is 3.39. The Bertz CT molecular complexity index is 1260. The van der Waals surface area contributed by atoms with E-state index in [1.54, 1.807) is 17.0 Å². The zero-order valence-electron chi connectivity index (χ0n) is 18.5. The van der Waals surface area contributed by atoms with Crippen molar-refractivity contribution in [3.63, 3.8) is 0 Å². The van der Waals surface area contributed by atoms with E-state index in [1.165, 1.54) is 12.1 Å². The fourth-order valence-corrected chi connectivity index (χ4v) is 4.90. The van der Waals surface area contributed by atoms with Crippen molar-refractivity contribution in [1.82, 2.24) is 19.5 Å². The summed E-state index contributed by atoms with van der Waals surface area (Å²) in [7, 11) is 0. The van der Waals surface area contributed by atoms with Gasteiger partial charge in [0.2, 0.25) is 5.95 Å². The van der Waals surface area contributed by atoms with Gasteiger partial charge in [0, 0.05) is 51.3 Å². The lowest BCUT2D eigenvalue weighted by Crippen LogP contribution is -2.40. The number of benzene rings is 1. The molecule has 2 fully saturated rings. The molecular formula is C23H24F3N7O. The van der Waals surface area contributed by atoms with Crippen molar-refractivity contribution in [2.45, 2.75) is 37.6 Å². The number of halogens is 3. The van der Waals surface area contributed by atoms with Crippen LogP contribution in [0.2, 0.25) is 0 Å². The van der Waals surface area contributed by atoms with E-state index in [9.17, 15) is 13.2 Å². The molecular weight excluding hydrogens is 447 g/mol. The summed E-state index contributed by atoms with van der Waals surface area (Å²) in [6.45, 7) is 5.80. The van der Waals surface area contributed by atoms with Crippen molar-refractivity contribution in [3.05, 3.63) is 42.7 Å². The minimum absolute atomic E-state index is 0.133. The van der Waals surface area contributed by atoms with Crippen molar-refractivity contribution in [2.24, 2.45) is 0 Å². The SMILES string of the molecule is C=C1Nc2c(N3CCC(F)(F)CC3)nc(-n3cnc4ccc(F)cc43)nc2N1C1CCOCC1. The third-order valence-corrected chi connectivity index (χ3v) is 6.72. The van der Waals surface area contributed by atoms with Gasteiger partial charge in [-0.05, 0) is 25.0 Å². The molecule has 0 aliphatic carbocycles. The van der Waals surface area contributed by atoms with Crippen molar-refractivity contribution in [3.8, 4) is 5.95 Å². The summed E-state index contributed by atoms with van der Waals surface area (Å²) >= 11 is 0. The zero-order chi connectivity index (χ0) is 23.4. The number of hydrogen-bond acceptors (Lipinski definition) is 7. The summed E-state index contributed by atoms with van der Waals surface area (Å²) in [5.41, 5.74) is 1.79. The second kappa shape index (κ2) is 7.86. The van der Waals surface area contributed by atoms with E-state index in [0.717, 1.165) is 12.8 Å². The Morgan fingerprint density at radius 2 is 1.82 bits per heavy atom. The Balaban J connectivity index is 1.49. The van der Waals surface area contributed by atoms with Crippen LogP contribution in [0.5, 0.6) is 0 Å². The maximum Gasteiger partial charge on any atom is 0.251 e. The zero-order valence-corrected chi connectivity index (χ0v) is 18.5. The molecule has 34 heavy (non-hydrogen) atoms. The highest BCUT2D eigenvalue weighted by Gasteiger charge is 2.39. The number of piperidine rings is 1. The van der Waals surface area contributed by atoms with Gasteiger partial charge in [-0.1, -0.05) is 6.58 Å². The molecule has 0 spiro atoms. The molecule has 3 aliphatic rings. The first kappa shape index (κ1) is 21.2. The Morgan fingerprint density at radius 3 is 2.59 bits per heavy atom. The van der Waals surface area contributed by atoms with Crippen molar-refractivity contribution in [2.75, 3.05) is 41.4 Å². The van der Waals surface area contributed by atoms with Crippen LogP contribution in [0.4, 0.5) is 30.5 Å².